The van der Waals surface area contributed by atoms with Crippen molar-refractivity contribution in [1.29, 1.82) is 0 Å². The number of anilines is 2. The molecule has 170 valence electrons. The number of nitrogens with zero attached hydrogens (tertiary/aromatic N) is 3. The summed E-state index contributed by atoms with van der Waals surface area (Å²) in [5, 5.41) is 13.0. The Hall–Kier alpha value is -2.93. The van der Waals surface area contributed by atoms with Gasteiger partial charge >= 0.3 is 0 Å². The smallest absolute Gasteiger partial charge is 0.253 e. The molecule has 0 aliphatic carbocycles. The van der Waals surface area contributed by atoms with Crippen molar-refractivity contribution in [3.63, 3.8) is 0 Å². The molecule has 0 unspecified atom stereocenters. The molecule has 1 aromatic carbocycles. The number of amides is 2. The van der Waals surface area contributed by atoms with Gasteiger partial charge in [0.15, 0.2) is 0 Å². The van der Waals surface area contributed by atoms with Gasteiger partial charge < -0.3 is 20.2 Å². The van der Waals surface area contributed by atoms with Crippen molar-refractivity contribution in [3.05, 3.63) is 53.9 Å². The SMILES string of the molecule is Cc1ncccc1N1CC(C(=O)Nc2ccc(C3CCN(C(=O)C(C)(C)O)CC3)cc2)C1. The van der Waals surface area contributed by atoms with E-state index < -0.39 is 5.60 Å². The number of benzene rings is 1. The van der Waals surface area contributed by atoms with E-state index in [0.29, 0.717) is 32.1 Å². The summed E-state index contributed by atoms with van der Waals surface area (Å²) in [7, 11) is 0. The minimum atomic E-state index is -1.32. The summed E-state index contributed by atoms with van der Waals surface area (Å²) in [5.41, 5.74) is 2.79. The molecule has 7 heteroatoms. The Bertz CT molecular complexity index is 969. The molecule has 2 fully saturated rings. The van der Waals surface area contributed by atoms with Crippen LogP contribution in [-0.4, -0.2) is 58.6 Å². The second-order valence-electron chi connectivity index (χ2n) is 9.45. The maximum Gasteiger partial charge on any atom is 0.253 e. The number of nitrogens with one attached hydrogen (secondary N) is 1. The standard InChI is InChI=1S/C25H32N4O3/c1-17-22(5-4-12-26-17)29-15-20(16-29)23(30)27-21-8-6-18(7-9-21)19-10-13-28(14-11-19)24(31)25(2,3)32/h4-9,12,19-20,32H,10-11,13-16H2,1-3H3,(H,27,30). The fourth-order valence-corrected chi connectivity index (χ4v) is 4.54. The minimum Gasteiger partial charge on any atom is -0.381 e. The van der Waals surface area contributed by atoms with Crippen LogP contribution in [0.15, 0.2) is 42.6 Å². The first-order valence-electron chi connectivity index (χ1n) is 11.3. The average Bonchev–Trinajstić information content (AvgIpc) is 2.73. The summed E-state index contributed by atoms with van der Waals surface area (Å²) < 4.78 is 0. The van der Waals surface area contributed by atoms with Gasteiger partial charge in [-0.1, -0.05) is 12.1 Å². The van der Waals surface area contributed by atoms with Crippen LogP contribution >= 0.6 is 0 Å². The van der Waals surface area contributed by atoms with Crippen LogP contribution in [0.25, 0.3) is 0 Å². The molecule has 2 N–H and O–H groups in total. The summed E-state index contributed by atoms with van der Waals surface area (Å²) in [6.45, 7) is 7.78. The van der Waals surface area contributed by atoms with Gasteiger partial charge in [0.2, 0.25) is 5.91 Å². The fraction of sp³-hybridized carbons (Fsp3) is 0.480. The van der Waals surface area contributed by atoms with Gasteiger partial charge in [-0.3, -0.25) is 14.6 Å². The number of aliphatic hydroxyl groups is 1. The number of carbonyl (C=O) groups is 2. The molecular weight excluding hydrogens is 404 g/mol. The van der Waals surface area contributed by atoms with Crippen molar-refractivity contribution >= 4 is 23.2 Å². The second kappa shape index (κ2) is 8.90. The van der Waals surface area contributed by atoms with Crippen LogP contribution in [0.4, 0.5) is 11.4 Å². The molecule has 2 saturated heterocycles. The van der Waals surface area contributed by atoms with E-state index in [1.54, 1.807) is 11.1 Å². The molecule has 0 bridgehead atoms. The lowest BCUT2D eigenvalue weighted by molar-refractivity contribution is -0.148. The van der Waals surface area contributed by atoms with Crippen molar-refractivity contribution in [2.45, 2.75) is 45.1 Å². The molecule has 0 saturated carbocycles. The molecule has 0 spiro atoms. The Kier molecular flexibility index (Phi) is 6.20. The summed E-state index contributed by atoms with van der Waals surface area (Å²) >= 11 is 0. The summed E-state index contributed by atoms with van der Waals surface area (Å²) in [4.78, 5) is 33.1. The zero-order valence-electron chi connectivity index (χ0n) is 19.0. The molecule has 2 aromatic rings. The van der Waals surface area contributed by atoms with Gasteiger partial charge in [-0.2, -0.15) is 0 Å². The van der Waals surface area contributed by atoms with E-state index in [9.17, 15) is 14.7 Å². The Morgan fingerprint density at radius 1 is 1.09 bits per heavy atom. The number of aryl methyl sites for hydroxylation is 1. The molecule has 2 aliphatic heterocycles. The zero-order chi connectivity index (χ0) is 22.9. The summed E-state index contributed by atoms with van der Waals surface area (Å²) in [6.07, 6.45) is 3.53. The van der Waals surface area contributed by atoms with E-state index in [-0.39, 0.29) is 17.7 Å². The molecular formula is C25H32N4O3. The van der Waals surface area contributed by atoms with Crippen molar-refractivity contribution in [1.82, 2.24) is 9.88 Å². The van der Waals surface area contributed by atoms with Crippen LogP contribution in [0.1, 0.15) is 43.9 Å². The molecule has 32 heavy (non-hydrogen) atoms. The maximum atomic E-state index is 12.6. The Labute approximate surface area is 189 Å². The highest BCUT2D eigenvalue weighted by Gasteiger charge is 2.34. The van der Waals surface area contributed by atoms with Gasteiger partial charge in [0.25, 0.3) is 5.91 Å². The topological polar surface area (TPSA) is 85.8 Å². The van der Waals surface area contributed by atoms with Crippen molar-refractivity contribution in [2.24, 2.45) is 5.92 Å². The van der Waals surface area contributed by atoms with Crippen LogP contribution in [0.3, 0.4) is 0 Å². The van der Waals surface area contributed by atoms with Crippen molar-refractivity contribution < 1.29 is 14.7 Å². The molecule has 2 amide bonds. The third-order valence-corrected chi connectivity index (χ3v) is 6.53. The average molecular weight is 437 g/mol. The van der Waals surface area contributed by atoms with Gasteiger partial charge in [-0.05, 0) is 69.4 Å². The number of pyridine rings is 1. The van der Waals surface area contributed by atoms with Gasteiger partial charge in [0.1, 0.15) is 5.60 Å². The number of hydrogen-bond donors (Lipinski definition) is 2. The number of carbonyl (C=O) groups excluding carboxylic acids is 2. The predicted molar refractivity (Wildman–Crippen MR) is 125 cm³/mol. The van der Waals surface area contributed by atoms with Gasteiger partial charge in [-0.25, -0.2) is 0 Å². The van der Waals surface area contributed by atoms with Crippen LogP contribution in [-0.2, 0) is 9.59 Å². The van der Waals surface area contributed by atoms with E-state index in [2.05, 4.69) is 27.3 Å². The molecule has 3 heterocycles. The highest BCUT2D eigenvalue weighted by molar-refractivity contribution is 5.94. The molecule has 2 aliphatic rings. The summed E-state index contributed by atoms with van der Waals surface area (Å²) in [6, 6.07) is 12.0. The van der Waals surface area contributed by atoms with Crippen molar-refractivity contribution in [3.8, 4) is 0 Å². The lowest BCUT2D eigenvalue weighted by Crippen LogP contribution is -2.52. The monoisotopic (exact) mass is 436 g/mol. The molecule has 1 aromatic heterocycles. The Morgan fingerprint density at radius 2 is 1.75 bits per heavy atom. The Morgan fingerprint density at radius 3 is 2.34 bits per heavy atom. The van der Waals surface area contributed by atoms with Gasteiger partial charge in [0, 0.05) is 38.1 Å². The van der Waals surface area contributed by atoms with Crippen LogP contribution < -0.4 is 10.2 Å². The van der Waals surface area contributed by atoms with E-state index >= 15 is 0 Å². The summed E-state index contributed by atoms with van der Waals surface area (Å²) in [5.74, 6) is 0.205. The lowest BCUT2D eigenvalue weighted by Gasteiger charge is -2.40. The fourth-order valence-electron chi connectivity index (χ4n) is 4.54. The van der Waals surface area contributed by atoms with E-state index in [1.165, 1.54) is 19.4 Å². The van der Waals surface area contributed by atoms with Crippen LogP contribution in [0.2, 0.25) is 0 Å². The highest BCUT2D eigenvalue weighted by Crippen LogP contribution is 2.31. The maximum absolute atomic E-state index is 12.6. The Balaban J connectivity index is 1.26. The predicted octanol–water partition coefficient (Wildman–Crippen LogP) is 2.94. The van der Waals surface area contributed by atoms with Gasteiger partial charge in [0.05, 0.1) is 17.3 Å². The molecule has 0 radical (unpaired) electrons. The molecule has 4 rings (SSSR count). The third kappa shape index (κ3) is 4.78. The zero-order valence-corrected chi connectivity index (χ0v) is 19.0. The normalized spacial score (nSPS) is 17.8. The number of rotatable bonds is 5. The largest absolute Gasteiger partial charge is 0.381 e. The quantitative estimate of drug-likeness (QED) is 0.753. The molecule has 0 atom stereocenters. The van der Waals surface area contributed by atoms with E-state index in [0.717, 1.165) is 29.9 Å². The number of hydrogen-bond acceptors (Lipinski definition) is 5. The number of piperidine rings is 1. The number of likely N-dealkylation sites (tertiary alicyclic amines) is 1. The minimum absolute atomic E-state index is 0.0214. The third-order valence-electron chi connectivity index (χ3n) is 6.53. The van der Waals surface area contributed by atoms with Gasteiger partial charge in [-0.15, -0.1) is 0 Å². The molecule has 7 nitrogen and oxygen atoms in total. The van der Waals surface area contributed by atoms with E-state index in [1.807, 2.05) is 31.2 Å². The van der Waals surface area contributed by atoms with E-state index in [4.69, 9.17) is 0 Å². The first kappa shape index (κ1) is 22.3. The lowest BCUT2D eigenvalue weighted by atomic mass is 9.88. The van der Waals surface area contributed by atoms with Crippen LogP contribution in [0.5, 0.6) is 0 Å². The second-order valence-corrected chi connectivity index (χ2v) is 9.45. The first-order valence-corrected chi connectivity index (χ1v) is 11.3. The van der Waals surface area contributed by atoms with Crippen molar-refractivity contribution in [2.75, 3.05) is 36.4 Å². The highest BCUT2D eigenvalue weighted by atomic mass is 16.3. The number of aromatic nitrogens is 1. The first-order chi connectivity index (χ1) is 15.2. The van der Waals surface area contributed by atoms with Crippen LogP contribution in [0, 0.1) is 12.8 Å².